The van der Waals surface area contributed by atoms with Crippen molar-refractivity contribution in [1.82, 2.24) is 10.9 Å². The Balaban J connectivity index is 1.62. The lowest BCUT2D eigenvalue weighted by molar-refractivity contribution is -0.120. The summed E-state index contributed by atoms with van der Waals surface area (Å²) in [5.41, 5.74) is 7.53. The summed E-state index contributed by atoms with van der Waals surface area (Å²) >= 11 is 3.36. The fourth-order valence-corrected chi connectivity index (χ4v) is 3.74. The van der Waals surface area contributed by atoms with E-state index in [4.69, 9.17) is 9.47 Å². The van der Waals surface area contributed by atoms with Crippen LogP contribution < -0.4 is 25.2 Å². The Labute approximate surface area is 172 Å². The van der Waals surface area contributed by atoms with Gasteiger partial charge in [0.25, 0.3) is 11.8 Å². The number of amides is 2. The van der Waals surface area contributed by atoms with Crippen LogP contribution >= 0.6 is 15.9 Å². The second-order valence-electron chi connectivity index (χ2n) is 6.35. The van der Waals surface area contributed by atoms with Crippen LogP contribution in [-0.2, 0) is 11.2 Å². The van der Waals surface area contributed by atoms with Crippen LogP contribution in [-0.4, -0.2) is 39.1 Å². The number of ether oxygens (including phenoxy) is 2. The normalized spacial score (nSPS) is 12.8. The Morgan fingerprint density at radius 1 is 1.11 bits per heavy atom. The predicted octanol–water partition coefficient (Wildman–Crippen LogP) is 2.68. The quantitative estimate of drug-likeness (QED) is 0.688. The molecule has 0 radical (unpaired) electrons. The molecule has 0 fully saturated rings. The van der Waals surface area contributed by atoms with Gasteiger partial charge in [-0.2, -0.15) is 0 Å². The zero-order valence-electron chi connectivity index (χ0n) is 15.8. The molecule has 1 aliphatic heterocycles. The first-order valence-corrected chi connectivity index (χ1v) is 9.66. The number of nitrogens with zero attached hydrogens (tertiary/aromatic N) is 1. The molecular weight excluding hydrogens is 426 g/mol. The lowest BCUT2D eigenvalue weighted by atomic mass is 10.0. The number of halogens is 1. The van der Waals surface area contributed by atoms with E-state index in [1.165, 1.54) is 19.8 Å². The number of benzene rings is 2. The number of anilines is 1. The fraction of sp³-hybridized carbons (Fsp3) is 0.300. The minimum Gasteiger partial charge on any atom is -0.495 e. The van der Waals surface area contributed by atoms with E-state index in [0.29, 0.717) is 21.5 Å². The van der Waals surface area contributed by atoms with Crippen molar-refractivity contribution in [2.45, 2.75) is 12.8 Å². The second kappa shape index (κ2) is 8.97. The van der Waals surface area contributed by atoms with E-state index < -0.39 is 5.91 Å². The first-order chi connectivity index (χ1) is 13.5. The third kappa shape index (κ3) is 4.39. The van der Waals surface area contributed by atoms with Gasteiger partial charge in [0.05, 0.1) is 20.8 Å². The SMILES string of the molecule is COc1cc(C(=O)NNC(=O)CN2CCCc3ccccc32)cc(OC)c1Br. The van der Waals surface area contributed by atoms with Crippen molar-refractivity contribution >= 4 is 33.4 Å². The highest BCUT2D eigenvalue weighted by Gasteiger charge is 2.19. The standard InChI is InChI=1S/C20H22BrN3O4/c1-27-16-10-14(11-17(28-2)19(16)21)20(26)23-22-18(25)12-24-9-5-7-13-6-3-4-8-15(13)24/h3-4,6,8,10-11H,5,7,9,12H2,1-2H3,(H,22,25)(H,23,26). The third-order valence-electron chi connectivity index (χ3n) is 4.56. The summed E-state index contributed by atoms with van der Waals surface area (Å²) in [7, 11) is 3.00. The molecule has 2 aromatic rings. The number of aryl methyl sites for hydroxylation is 1. The molecule has 3 rings (SSSR count). The number of carbonyl (C=O) groups is 2. The summed E-state index contributed by atoms with van der Waals surface area (Å²) in [5, 5.41) is 0. The minimum atomic E-state index is -0.462. The maximum Gasteiger partial charge on any atom is 0.269 e. The molecule has 2 N–H and O–H groups in total. The van der Waals surface area contributed by atoms with Gasteiger partial charge in [0.15, 0.2) is 0 Å². The molecule has 2 amide bonds. The van der Waals surface area contributed by atoms with Gasteiger partial charge in [-0.3, -0.25) is 20.4 Å². The largest absolute Gasteiger partial charge is 0.495 e. The molecule has 0 saturated heterocycles. The summed E-state index contributed by atoms with van der Waals surface area (Å²) in [6, 6.07) is 11.2. The van der Waals surface area contributed by atoms with Crippen molar-refractivity contribution in [2.75, 3.05) is 32.2 Å². The summed E-state index contributed by atoms with van der Waals surface area (Å²) in [6.07, 6.45) is 2.01. The average Bonchev–Trinajstić information content (AvgIpc) is 2.72. The monoisotopic (exact) mass is 447 g/mol. The van der Waals surface area contributed by atoms with Gasteiger partial charge >= 0.3 is 0 Å². The van der Waals surface area contributed by atoms with Crippen molar-refractivity contribution < 1.29 is 19.1 Å². The molecule has 0 atom stereocenters. The van der Waals surface area contributed by atoms with Gasteiger partial charge in [0, 0.05) is 17.8 Å². The maximum absolute atomic E-state index is 12.4. The Morgan fingerprint density at radius 3 is 2.46 bits per heavy atom. The van der Waals surface area contributed by atoms with Crippen LogP contribution in [0.1, 0.15) is 22.3 Å². The molecule has 0 aliphatic carbocycles. The predicted molar refractivity (Wildman–Crippen MR) is 110 cm³/mol. The molecule has 1 aliphatic rings. The van der Waals surface area contributed by atoms with Crippen LogP contribution in [0.15, 0.2) is 40.9 Å². The molecule has 0 saturated carbocycles. The summed E-state index contributed by atoms with van der Waals surface area (Å²) in [6.45, 7) is 0.976. The zero-order valence-corrected chi connectivity index (χ0v) is 17.3. The molecular formula is C20H22BrN3O4. The summed E-state index contributed by atoms with van der Waals surface area (Å²) < 4.78 is 11.1. The van der Waals surface area contributed by atoms with Crippen LogP contribution in [0.25, 0.3) is 0 Å². The number of carbonyl (C=O) groups excluding carboxylic acids is 2. The van der Waals surface area contributed by atoms with Gasteiger partial charge < -0.3 is 14.4 Å². The Hall–Kier alpha value is -2.74. The van der Waals surface area contributed by atoms with Crippen molar-refractivity contribution in [3.8, 4) is 11.5 Å². The number of nitrogens with one attached hydrogen (secondary N) is 2. The van der Waals surface area contributed by atoms with E-state index in [1.54, 1.807) is 12.1 Å². The van der Waals surface area contributed by atoms with E-state index in [2.05, 4.69) is 32.8 Å². The van der Waals surface area contributed by atoms with Gasteiger partial charge in [-0.25, -0.2) is 0 Å². The van der Waals surface area contributed by atoms with Crippen LogP contribution in [0.4, 0.5) is 5.69 Å². The lowest BCUT2D eigenvalue weighted by Crippen LogP contribution is -2.47. The average molecular weight is 448 g/mol. The van der Waals surface area contributed by atoms with Gasteiger partial charge in [0.2, 0.25) is 0 Å². The van der Waals surface area contributed by atoms with E-state index in [-0.39, 0.29) is 12.5 Å². The number of rotatable bonds is 5. The molecule has 0 spiro atoms. The molecule has 0 bridgehead atoms. The van der Waals surface area contributed by atoms with Crippen LogP contribution in [0.5, 0.6) is 11.5 Å². The summed E-state index contributed by atoms with van der Waals surface area (Å²) in [5.74, 6) is 0.166. The van der Waals surface area contributed by atoms with E-state index in [1.807, 2.05) is 23.1 Å². The van der Waals surface area contributed by atoms with E-state index >= 15 is 0 Å². The fourth-order valence-electron chi connectivity index (χ4n) is 3.19. The number of para-hydroxylation sites is 1. The molecule has 2 aromatic carbocycles. The molecule has 7 nitrogen and oxygen atoms in total. The van der Waals surface area contributed by atoms with Gasteiger partial charge in [-0.15, -0.1) is 0 Å². The molecule has 148 valence electrons. The molecule has 8 heteroatoms. The van der Waals surface area contributed by atoms with Crippen molar-refractivity contribution in [1.29, 1.82) is 0 Å². The molecule has 1 heterocycles. The van der Waals surface area contributed by atoms with Crippen molar-refractivity contribution in [3.63, 3.8) is 0 Å². The highest BCUT2D eigenvalue weighted by atomic mass is 79.9. The van der Waals surface area contributed by atoms with Crippen LogP contribution in [0.3, 0.4) is 0 Å². The van der Waals surface area contributed by atoms with E-state index in [9.17, 15) is 9.59 Å². The molecule has 0 aromatic heterocycles. The van der Waals surface area contributed by atoms with Gasteiger partial charge in [0.1, 0.15) is 16.0 Å². The lowest BCUT2D eigenvalue weighted by Gasteiger charge is -2.30. The highest BCUT2D eigenvalue weighted by Crippen LogP contribution is 2.35. The molecule has 0 unspecified atom stereocenters. The Kier molecular flexibility index (Phi) is 6.41. The number of hydrogen-bond acceptors (Lipinski definition) is 5. The minimum absolute atomic E-state index is 0.171. The van der Waals surface area contributed by atoms with Crippen LogP contribution in [0, 0.1) is 0 Å². The number of hydrazine groups is 1. The van der Waals surface area contributed by atoms with Crippen LogP contribution in [0.2, 0.25) is 0 Å². The number of hydrogen-bond donors (Lipinski definition) is 2. The third-order valence-corrected chi connectivity index (χ3v) is 5.35. The first-order valence-electron chi connectivity index (χ1n) is 8.87. The first kappa shape index (κ1) is 20.0. The summed E-state index contributed by atoms with van der Waals surface area (Å²) in [4.78, 5) is 26.8. The van der Waals surface area contributed by atoms with E-state index in [0.717, 1.165) is 25.1 Å². The zero-order chi connectivity index (χ0) is 20.1. The smallest absolute Gasteiger partial charge is 0.269 e. The second-order valence-corrected chi connectivity index (χ2v) is 7.14. The van der Waals surface area contributed by atoms with Gasteiger partial charge in [-0.05, 0) is 52.5 Å². The van der Waals surface area contributed by atoms with Crippen molar-refractivity contribution in [3.05, 3.63) is 52.0 Å². The van der Waals surface area contributed by atoms with Gasteiger partial charge in [-0.1, -0.05) is 18.2 Å². The topological polar surface area (TPSA) is 79.9 Å². The Morgan fingerprint density at radius 2 is 1.79 bits per heavy atom. The number of fused-ring (bicyclic) bond motifs is 1. The maximum atomic E-state index is 12.4. The Bertz CT molecular complexity index is 862. The van der Waals surface area contributed by atoms with Crippen molar-refractivity contribution in [2.24, 2.45) is 0 Å². The number of methoxy groups -OCH3 is 2. The highest BCUT2D eigenvalue weighted by molar-refractivity contribution is 9.10. The molecule has 28 heavy (non-hydrogen) atoms.